The smallest absolute Gasteiger partial charge is 0.200 e. The molecule has 0 atom stereocenters. The van der Waals surface area contributed by atoms with Gasteiger partial charge in [-0.15, -0.1) is 0 Å². The van der Waals surface area contributed by atoms with Gasteiger partial charge in [-0.3, -0.25) is 4.79 Å². The quantitative estimate of drug-likeness (QED) is 0.754. The van der Waals surface area contributed by atoms with E-state index < -0.39 is 0 Å². The molecule has 0 N–H and O–H groups in total. The van der Waals surface area contributed by atoms with Gasteiger partial charge in [-0.25, -0.2) is 0 Å². The molecule has 0 unspecified atom stereocenters. The fourth-order valence-electron chi connectivity index (χ4n) is 2.47. The second-order valence-corrected chi connectivity index (χ2v) is 4.53. The standard InChI is InChI=1S/C15H15NO2/c17-11-13-8-9-15(18-13)16-10-4-3-6-12-5-1-2-7-14(12)16/h1-2,5,7-9,11H,3-4,6,10H2. The third kappa shape index (κ3) is 1.92. The molecule has 0 radical (unpaired) electrons. The van der Waals surface area contributed by atoms with E-state index in [4.69, 9.17) is 4.42 Å². The number of fused-ring (bicyclic) bond motifs is 1. The molecular weight excluding hydrogens is 226 g/mol. The number of carbonyl (C=O) groups is 1. The minimum Gasteiger partial charge on any atom is -0.437 e. The second kappa shape index (κ2) is 4.69. The second-order valence-electron chi connectivity index (χ2n) is 4.53. The Labute approximate surface area is 106 Å². The summed E-state index contributed by atoms with van der Waals surface area (Å²) >= 11 is 0. The molecule has 0 aliphatic carbocycles. The van der Waals surface area contributed by atoms with Gasteiger partial charge in [0, 0.05) is 18.3 Å². The monoisotopic (exact) mass is 241 g/mol. The van der Waals surface area contributed by atoms with Crippen LogP contribution in [-0.2, 0) is 6.42 Å². The van der Waals surface area contributed by atoms with Crippen molar-refractivity contribution in [1.29, 1.82) is 0 Å². The molecule has 92 valence electrons. The Balaban J connectivity index is 2.03. The van der Waals surface area contributed by atoms with Crippen LogP contribution in [0.5, 0.6) is 0 Å². The van der Waals surface area contributed by atoms with Crippen LogP contribution in [0.25, 0.3) is 0 Å². The number of carbonyl (C=O) groups excluding carboxylic acids is 1. The van der Waals surface area contributed by atoms with E-state index in [1.807, 2.05) is 12.1 Å². The van der Waals surface area contributed by atoms with Gasteiger partial charge in [-0.2, -0.15) is 0 Å². The molecule has 0 fully saturated rings. The van der Waals surface area contributed by atoms with Crippen molar-refractivity contribution in [2.45, 2.75) is 19.3 Å². The number of anilines is 2. The molecule has 1 aromatic carbocycles. The summed E-state index contributed by atoms with van der Waals surface area (Å²) in [4.78, 5) is 12.9. The average molecular weight is 241 g/mol. The first kappa shape index (κ1) is 11.1. The summed E-state index contributed by atoms with van der Waals surface area (Å²) in [5.74, 6) is 1.14. The highest BCUT2D eigenvalue weighted by Gasteiger charge is 2.18. The fourth-order valence-corrected chi connectivity index (χ4v) is 2.47. The molecule has 1 aliphatic rings. The number of benzene rings is 1. The van der Waals surface area contributed by atoms with Crippen molar-refractivity contribution < 1.29 is 9.21 Å². The zero-order valence-electron chi connectivity index (χ0n) is 10.1. The number of aldehydes is 1. The molecule has 0 saturated carbocycles. The molecule has 18 heavy (non-hydrogen) atoms. The van der Waals surface area contributed by atoms with Crippen LogP contribution in [0.2, 0.25) is 0 Å². The first-order valence-electron chi connectivity index (χ1n) is 6.29. The molecule has 0 amide bonds. The molecule has 1 aliphatic heterocycles. The lowest BCUT2D eigenvalue weighted by Crippen LogP contribution is -2.17. The number of hydrogen-bond acceptors (Lipinski definition) is 3. The molecule has 3 nitrogen and oxygen atoms in total. The Morgan fingerprint density at radius 3 is 2.83 bits per heavy atom. The van der Waals surface area contributed by atoms with Crippen LogP contribution >= 0.6 is 0 Å². The van der Waals surface area contributed by atoms with E-state index in [2.05, 4.69) is 23.1 Å². The summed E-state index contributed by atoms with van der Waals surface area (Å²) in [6, 6.07) is 12.0. The van der Waals surface area contributed by atoms with Gasteiger partial charge in [0.25, 0.3) is 0 Å². The summed E-state index contributed by atoms with van der Waals surface area (Å²) < 4.78 is 5.54. The van der Waals surface area contributed by atoms with Gasteiger partial charge in [-0.1, -0.05) is 18.2 Å². The summed E-state index contributed by atoms with van der Waals surface area (Å²) in [5, 5.41) is 0. The normalized spacial score (nSPS) is 15.0. The zero-order chi connectivity index (χ0) is 12.4. The summed E-state index contributed by atoms with van der Waals surface area (Å²) in [7, 11) is 0. The molecule has 3 heteroatoms. The Hall–Kier alpha value is -2.03. The number of hydrogen-bond donors (Lipinski definition) is 0. The van der Waals surface area contributed by atoms with Crippen LogP contribution in [0.4, 0.5) is 11.6 Å². The molecule has 0 saturated heterocycles. The number of para-hydroxylation sites is 1. The Morgan fingerprint density at radius 1 is 1.11 bits per heavy atom. The van der Waals surface area contributed by atoms with E-state index in [0.29, 0.717) is 5.76 Å². The summed E-state index contributed by atoms with van der Waals surface area (Å²) in [6.45, 7) is 0.933. The summed E-state index contributed by atoms with van der Waals surface area (Å²) in [6.07, 6.45) is 4.17. The summed E-state index contributed by atoms with van der Waals surface area (Å²) in [5.41, 5.74) is 2.54. The fraction of sp³-hybridized carbons (Fsp3) is 0.267. The van der Waals surface area contributed by atoms with E-state index in [9.17, 15) is 4.79 Å². The predicted octanol–water partition coefficient (Wildman–Crippen LogP) is 3.57. The molecule has 2 aromatic rings. The van der Waals surface area contributed by atoms with Crippen molar-refractivity contribution in [3.63, 3.8) is 0 Å². The first-order chi connectivity index (χ1) is 8.88. The highest BCUT2D eigenvalue weighted by molar-refractivity contribution is 5.73. The van der Waals surface area contributed by atoms with E-state index in [1.54, 1.807) is 6.07 Å². The topological polar surface area (TPSA) is 33.5 Å². The third-order valence-electron chi connectivity index (χ3n) is 3.36. The highest BCUT2D eigenvalue weighted by atomic mass is 16.4. The van der Waals surface area contributed by atoms with Gasteiger partial charge in [0.1, 0.15) is 0 Å². The minimum atomic E-state index is 0.381. The molecule has 0 spiro atoms. The maximum Gasteiger partial charge on any atom is 0.200 e. The van der Waals surface area contributed by atoms with Crippen LogP contribution < -0.4 is 4.90 Å². The van der Waals surface area contributed by atoms with E-state index in [-0.39, 0.29) is 0 Å². The molecule has 2 heterocycles. The van der Waals surface area contributed by atoms with Crippen molar-refractivity contribution in [2.75, 3.05) is 11.4 Å². The van der Waals surface area contributed by atoms with Crippen LogP contribution in [0.3, 0.4) is 0 Å². The number of rotatable bonds is 2. The van der Waals surface area contributed by atoms with Gasteiger partial charge in [0.15, 0.2) is 12.0 Å². The van der Waals surface area contributed by atoms with Crippen LogP contribution in [0, 0.1) is 0 Å². The van der Waals surface area contributed by atoms with E-state index in [0.717, 1.165) is 31.6 Å². The van der Waals surface area contributed by atoms with Crippen molar-refractivity contribution in [3.05, 3.63) is 47.7 Å². The lowest BCUT2D eigenvalue weighted by molar-refractivity contribution is 0.110. The molecular formula is C15H15NO2. The predicted molar refractivity (Wildman–Crippen MR) is 70.5 cm³/mol. The third-order valence-corrected chi connectivity index (χ3v) is 3.36. The number of aryl methyl sites for hydroxylation is 1. The van der Waals surface area contributed by atoms with E-state index in [1.165, 1.54) is 17.7 Å². The van der Waals surface area contributed by atoms with Crippen LogP contribution in [-0.4, -0.2) is 12.8 Å². The maximum atomic E-state index is 10.7. The number of furan rings is 1. The van der Waals surface area contributed by atoms with Gasteiger partial charge < -0.3 is 9.32 Å². The van der Waals surface area contributed by atoms with Crippen molar-refractivity contribution in [2.24, 2.45) is 0 Å². The van der Waals surface area contributed by atoms with Crippen LogP contribution in [0.1, 0.15) is 29.0 Å². The number of nitrogens with zero attached hydrogens (tertiary/aromatic N) is 1. The van der Waals surface area contributed by atoms with Gasteiger partial charge in [0.2, 0.25) is 5.88 Å². The lowest BCUT2D eigenvalue weighted by Gasteiger charge is -2.21. The maximum absolute atomic E-state index is 10.7. The minimum absolute atomic E-state index is 0.381. The van der Waals surface area contributed by atoms with Gasteiger partial charge >= 0.3 is 0 Å². The van der Waals surface area contributed by atoms with Crippen molar-refractivity contribution in [3.8, 4) is 0 Å². The lowest BCUT2D eigenvalue weighted by atomic mass is 10.1. The first-order valence-corrected chi connectivity index (χ1v) is 6.29. The SMILES string of the molecule is O=Cc1ccc(N2CCCCc3ccccc32)o1. The average Bonchev–Trinajstić information content (AvgIpc) is 2.78. The molecule has 0 bridgehead atoms. The van der Waals surface area contributed by atoms with Gasteiger partial charge in [0.05, 0.1) is 0 Å². The molecule has 1 aromatic heterocycles. The Kier molecular flexibility index (Phi) is 2.89. The van der Waals surface area contributed by atoms with E-state index >= 15 is 0 Å². The zero-order valence-corrected chi connectivity index (χ0v) is 10.1. The molecule has 3 rings (SSSR count). The Morgan fingerprint density at radius 2 is 2.00 bits per heavy atom. The Bertz CT molecular complexity index is 559. The van der Waals surface area contributed by atoms with Crippen LogP contribution in [0.15, 0.2) is 40.8 Å². The largest absolute Gasteiger partial charge is 0.437 e. The van der Waals surface area contributed by atoms with Crippen molar-refractivity contribution >= 4 is 17.9 Å². The highest BCUT2D eigenvalue weighted by Crippen LogP contribution is 2.33. The van der Waals surface area contributed by atoms with Gasteiger partial charge in [-0.05, 0) is 37.0 Å². The van der Waals surface area contributed by atoms with Crippen molar-refractivity contribution in [1.82, 2.24) is 0 Å².